The van der Waals surface area contributed by atoms with E-state index in [2.05, 4.69) is 9.97 Å². The van der Waals surface area contributed by atoms with Crippen LogP contribution in [0, 0.1) is 17.0 Å². The summed E-state index contributed by atoms with van der Waals surface area (Å²) >= 11 is 0.753. The van der Waals surface area contributed by atoms with Gasteiger partial charge in [0, 0.05) is 56.5 Å². The number of aliphatic carboxylic acids is 1. The molecule has 2 aliphatic heterocycles. The molecule has 0 aliphatic carbocycles. The van der Waals surface area contributed by atoms with Crippen LogP contribution < -0.4 is 9.80 Å². The number of carboxylic acids is 1. The summed E-state index contributed by atoms with van der Waals surface area (Å²) in [6.45, 7) is 1.84. The Morgan fingerprint density at radius 2 is 1.93 bits per heavy atom. The van der Waals surface area contributed by atoms with E-state index in [0.717, 1.165) is 42.6 Å². The first-order valence-corrected chi connectivity index (χ1v) is 14.7. The Morgan fingerprint density at radius 1 is 1.17 bits per heavy atom. The number of benzene rings is 1. The highest BCUT2D eigenvalue weighted by atomic mass is 32.1. The summed E-state index contributed by atoms with van der Waals surface area (Å²) in [4.78, 5) is 49.3. The number of amides is 2. The zero-order valence-corrected chi connectivity index (χ0v) is 23.7. The molecular formula is C30H33FN4O5S. The first-order chi connectivity index (χ1) is 19.8. The number of hydrogen-bond acceptors (Lipinski definition) is 7. The molecule has 2 aliphatic rings. The van der Waals surface area contributed by atoms with Crippen LogP contribution in [0.2, 0.25) is 0 Å². The summed E-state index contributed by atoms with van der Waals surface area (Å²) in [6.07, 6.45) is 5.72. The van der Waals surface area contributed by atoms with E-state index < -0.39 is 17.0 Å². The lowest BCUT2D eigenvalue weighted by Crippen LogP contribution is -2.35. The largest absolute Gasteiger partial charge is 0.481 e. The fourth-order valence-corrected chi connectivity index (χ4v) is 6.31. The van der Waals surface area contributed by atoms with Crippen molar-refractivity contribution in [1.82, 2.24) is 9.97 Å². The summed E-state index contributed by atoms with van der Waals surface area (Å²) in [5.41, 5.74) is 2.10. The summed E-state index contributed by atoms with van der Waals surface area (Å²) < 4.78 is 20.8. The van der Waals surface area contributed by atoms with Gasteiger partial charge in [-0.25, -0.2) is 9.97 Å². The highest BCUT2D eigenvalue weighted by Gasteiger charge is 2.31. The smallest absolute Gasteiger partial charge is 0.304 e. The van der Waals surface area contributed by atoms with Crippen molar-refractivity contribution < 1.29 is 28.6 Å². The van der Waals surface area contributed by atoms with Gasteiger partial charge >= 0.3 is 5.97 Å². The third-order valence-electron chi connectivity index (χ3n) is 7.76. The highest BCUT2D eigenvalue weighted by molar-refractivity contribution is 7.14. The molecule has 0 spiro atoms. The number of anilines is 2. The molecule has 1 aromatic carbocycles. The van der Waals surface area contributed by atoms with Gasteiger partial charge in [0.05, 0.1) is 6.42 Å². The quantitative estimate of drug-likeness (QED) is 0.361. The molecule has 1 N–H and O–H groups in total. The standard InChI is InChI=1S/C30H33FN4O5S/c1-34(29(39)21(17-26(37)38)16-19-11-14-40-15-12-19)30-33-27(28(31)41-30)23-7-3-2-6-22(23)20-9-10-24(32-18-20)35-13-5-4-8-25(35)36/h2-3,6-7,9-10,18-19,21H,4-5,8,11-17H2,1H3,(H,37,38). The first-order valence-electron chi connectivity index (χ1n) is 13.9. The Kier molecular flexibility index (Phi) is 9.04. The number of pyridine rings is 1. The maximum Gasteiger partial charge on any atom is 0.304 e. The van der Waals surface area contributed by atoms with Crippen LogP contribution >= 0.6 is 11.3 Å². The molecule has 2 fully saturated rings. The second-order valence-corrected chi connectivity index (χ2v) is 11.5. The van der Waals surface area contributed by atoms with Crippen molar-refractivity contribution in [2.75, 3.05) is 36.6 Å². The molecule has 2 amide bonds. The van der Waals surface area contributed by atoms with Gasteiger partial charge in [-0.2, -0.15) is 4.39 Å². The van der Waals surface area contributed by atoms with E-state index in [1.807, 2.05) is 18.2 Å². The Morgan fingerprint density at radius 3 is 2.61 bits per heavy atom. The predicted molar refractivity (Wildman–Crippen MR) is 154 cm³/mol. The van der Waals surface area contributed by atoms with E-state index in [1.165, 1.54) is 11.9 Å². The van der Waals surface area contributed by atoms with Gasteiger partial charge in [-0.15, -0.1) is 0 Å². The van der Waals surface area contributed by atoms with Crippen molar-refractivity contribution in [2.24, 2.45) is 11.8 Å². The maximum absolute atomic E-state index is 15.4. The summed E-state index contributed by atoms with van der Waals surface area (Å²) in [5.74, 6) is -1.32. The van der Waals surface area contributed by atoms with Gasteiger partial charge in [0.1, 0.15) is 11.5 Å². The second-order valence-electron chi connectivity index (χ2n) is 10.6. The van der Waals surface area contributed by atoms with Gasteiger partial charge in [-0.05, 0) is 55.7 Å². The molecule has 0 saturated carbocycles. The number of carbonyl (C=O) groups excluding carboxylic acids is 2. The molecule has 0 bridgehead atoms. The zero-order chi connectivity index (χ0) is 28.9. The van der Waals surface area contributed by atoms with Gasteiger partial charge in [0.25, 0.3) is 0 Å². The topological polar surface area (TPSA) is 113 Å². The van der Waals surface area contributed by atoms with E-state index >= 15 is 4.39 Å². The summed E-state index contributed by atoms with van der Waals surface area (Å²) in [7, 11) is 1.51. The molecule has 9 nitrogen and oxygen atoms in total. The second kappa shape index (κ2) is 12.9. The minimum absolute atomic E-state index is 0.0611. The van der Waals surface area contributed by atoms with Gasteiger partial charge in [-0.3, -0.25) is 24.2 Å². The third-order valence-corrected chi connectivity index (χ3v) is 8.68. The monoisotopic (exact) mass is 580 g/mol. The van der Waals surface area contributed by atoms with Crippen LogP contribution in [-0.4, -0.2) is 59.7 Å². The van der Waals surface area contributed by atoms with Crippen LogP contribution in [-0.2, 0) is 19.1 Å². The van der Waals surface area contributed by atoms with Crippen molar-refractivity contribution >= 4 is 40.1 Å². The molecule has 11 heteroatoms. The average Bonchev–Trinajstić information content (AvgIpc) is 3.38. The zero-order valence-electron chi connectivity index (χ0n) is 22.9. The van der Waals surface area contributed by atoms with Crippen molar-refractivity contribution in [3.63, 3.8) is 0 Å². The minimum atomic E-state index is -1.05. The molecule has 0 radical (unpaired) electrons. The minimum Gasteiger partial charge on any atom is -0.481 e. The molecule has 41 heavy (non-hydrogen) atoms. The van der Waals surface area contributed by atoms with Crippen LogP contribution in [0.15, 0.2) is 42.6 Å². The van der Waals surface area contributed by atoms with Gasteiger partial charge in [0.2, 0.25) is 16.9 Å². The van der Waals surface area contributed by atoms with Crippen LogP contribution in [0.25, 0.3) is 22.4 Å². The lowest BCUT2D eigenvalue weighted by Gasteiger charge is -2.27. The van der Waals surface area contributed by atoms with Crippen LogP contribution in [0.4, 0.5) is 15.3 Å². The Bertz CT molecular complexity index is 1410. The molecule has 1 unspecified atom stereocenters. The molecule has 5 rings (SSSR count). The normalized spacial score (nSPS) is 16.9. The van der Waals surface area contributed by atoms with E-state index in [0.29, 0.717) is 49.5 Å². The molecule has 3 aromatic rings. The maximum atomic E-state index is 15.4. The number of hydrogen-bond donors (Lipinski definition) is 1. The third kappa shape index (κ3) is 6.62. The van der Waals surface area contributed by atoms with E-state index in [4.69, 9.17) is 4.74 Å². The molecule has 4 heterocycles. The lowest BCUT2D eigenvalue weighted by molar-refractivity contribution is -0.141. The summed E-state index contributed by atoms with van der Waals surface area (Å²) in [5, 5.41) is 9.08. The number of carboxylic acid groups (broad SMARTS) is 1. The van der Waals surface area contributed by atoms with Crippen molar-refractivity contribution in [3.8, 4) is 22.4 Å². The van der Waals surface area contributed by atoms with Crippen molar-refractivity contribution in [3.05, 3.63) is 47.7 Å². The van der Waals surface area contributed by atoms with E-state index in [1.54, 1.807) is 29.3 Å². The number of aromatic nitrogens is 2. The molecule has 1 atom stereocenters. The summed E-state index contributed by atoms with van der Waals surface area (Å²) in [6, 6.07) is 10.9. The van der Waals surface area contributed by atoms with Gasteiger partial charge in [0.15, 0.2) is 5.13 Å². The molecule has 2 saturated heterocycles. The molecule has 216 valence electrons. The van der Waals surface area contributed by atoms with Crippen LogP contribution in [0.3, 0.4) is 0 Å². The van der Waals surface area contributed by atoms with Crippen LogP contribution in [0.5, 0.6) is 0 Å². The highest BCUT2D eigenvalue weighted by Crippen LogP contribution is 2.38. The number of piperidine rings is 1. The number of rotatable bonds is 9. The Balaban J connectivity index is 1.38. The molecular weight excluding hydrogens is 547 g/mol. The van der Waals surface area contributed by atoms with Crippen molar-refractivity contribution in [1.29, 1.82) is 0 Å². The average molecular weight is 581 g/mol. The number of halogens is 1. The van der Waals surface area contributed by atoms with E-state index in [9.17, 15) is 19.5 Å². The number of ether oxygens (including phenoxy) is 1. The number of nitrogens with zero attached hydrogens (tertiary/aromatic N) is 4. The fraction of sp³-hybridized carbons (Fsp3) is 0.433. The fourth-order valence-electron chi connectivity index (χ4n) is 5.53. The van der Waals surface area contributed by atoms with Gasteiger partial charge < -0.3 is 9.84 Å². The lowest BCUT2D eigenvalue weighted by atomic mass is 9.86. The van der Waals surface area contributed by atoms with Crippen molar-refractivity contribution in [2.45, 2.75) is 44.9 Å². The van der Waals surface area contributed by atoms with Crippen LogP contribution in [0.1, 0.15) is 44.9 Å². The molecule has 2 aromatic heterocycles. The Labute approximate surface area is 242 Å². The number of thiazole rings is 1. The Hall–Kier alpha value is -3.70. The SMILES string of the molecule is CN(C(=O)C(CC(=O)O)CC1CCOCC1)c1nc(-c2ccccc2-c2ccc(N3CCCCC3=O)nc2)c(F)s1. The predicted octanol–water partition coefficient (Wildman–Crippen LogP) is 5.40. The first kappa shape index (κ1) is 28.8. The van der Waals surface area contributed by atoms with Gasteiger partial charge in [-0.1, -0.05) is 35.6 Å². The van der Waals surface area contributed by atoms with E-state index in [-0.39, 0.29) is 35.0 Å². The number of carbonyl (C=O) groups is 3.